The first-order valence-electron chi connectivity index (χ1n) is 6.13. The van der Waals surface area contributed by atoms with Crippen LogP contribution in [0.15, 0.2) is 23.6 Å². The maximum Gasteiger partial charge on any atom is 0.238 e. The van der Waals surface area contributed by atoms with Gasteiger partial charge in [-0.05, 0) is 31.4 Å². The minimum atomic E-state index is -0.593. The Kier molecular flexibility index (Phi) is 4.19. The number of carbonyl (C=O) groups is 1. The fourth-order valence-electron chi connectivity index (χ4n) is 2.12. The molecule has 6 heteroatoms. The summed E-state index contributed by atoms with van der Waals surface area (Å²) in [7, 11) is 0. The Bertz CT molecular complexity index is 410. The molecule has 1 aromatic rings. The van der Waals surface area contributed by atoms with E-state index in [9.17, 15) is 4.79 Å². The molecule has 5 nitrogen and oxygen atoms in total. The van der Waals surface area contributed by atoms with E-state index in [1.54, 1.807) is 18.0 Å². The van der Waals surface area contributed by atoms with Crippen LogP contribution in [0.4, 0.5) is 0 Å². The molecular formula is C12H18N4OS. The lowest BCUT2D eigenvalue weighted by molar-refractivity contribution is -0.124. The first-order valence-corrected chi connectivity index (χ1v) is 7.11. The van der Waals surface area contributed by atoms with Crippen molar-refractivity contribution in [1.82, 2.24) is 15.3 Å². The van der Waals surface area contributed by atoms with Gasteiger partial charge in [-0.25, -0.2) is 9.97 Å². The Morgan fingerprint density at radius 1 is 1.67 bits per heavy atom. The van der Waals surface area contributed by atoms with Gasteiger partial charge in [0.05, 0.1) is 5.03 Å². The molecule has 1 amide bonds. The summed E-state index contributed by atoms with van der Waals surface area (Å²) in [6.07, 6.45) is 5.35. The second-order valence-corrected chi connectivity index (χ2v) is 5.47. The van der Waals surface area contributed by atoms with Crippen LogP contribution in [-0.2, 0) is 4.79 Å². The molecule has 1 aliphatic rings. The van der Waals surface area contributed by atoms with Gasteiger partial charge in [-0.1, -0.05) is 6.92 Å². The van der Waals surface area contributed by atoms with E-state index in [-0.39, 0.29) is 5.91 Å². The van der Waals surface area contributed by atoms with E-state index in [4.69, 9.17) is 5.73 Å². The van der Waals surface area contributed by atoms with Crippen LogP contribution >= 0.6 is 11.8 Å². The summed E-state index contributed by atoms with van der Waals surface area (Å²) in [5, 5.41) is 4.16. The van der Waals surface area contributed by atoms with Gasteiger partial charge in [0.1, 0.15) is 11.9 Å². The number of primary amides is 1. The summed E-state index contributed by atoms with van der Waals surface area (Å²) < 4.78 is 0. The summed E-state index contributed by atoms with van der Waals surface area (Å²) in [5.74, 6) is 0.732. The average molecular weight is 266 g/mol. The molecule has 0 saturated heterocycles. The van der Waals surface area contributed by atoms with E-state index in [2.05, 4.69) is 15.3 Å². The molecule has 0 spiro atoms. The summed E-state index contributed by atoms with van der Waals surface area (Å²) in [6, 6.07) is 1.84. The van der Waals surface area contributed by atoms with Crippen molar-refractivity contribution >= 4 is 17.7 Å². The minimum absolute atomic E-state index is 0.256. The van der Waals surface area contributed by atoms with Crippen molar-refractivity contribution in [2.75, 3.05) is 12.3 Å². The van der Waals surface area contributed by atoms with Crippen molar-refractivity contribution < 1.29 is 4.79 Å². The van der Waals surface area contributed by atoms with Crippen LogP contribution in [0, 0.1) is 5.92 Å². The van der Waals surface area contributed by atoms with Gasteiger partial charge in [-0.3, -0.25) is 4.79 Å². The highest BCUT2D eigenvalue weighted by Gasteiger charge is 2.49. The minimum Gasteiger partial charge on any atom is -0.368 e. The van der Waals surface area contributed by atoms with Gasteiger partial charge >= 0.3 is 0 Å². The first kappa shape index (κ1) is 13.3. The van der Waals surface area contributed by atoms with Crippen molar-refractivity contribution in [3.63, 3.8) is 0 Å². The maximum atomic E-state index is 11.8. The highest BCUT2D eigenvalue weighted by Crippen LogP contribution is 2.42. The monoisotopic (exact) mass is 266 g/mol. The summed E-state index contributed by atoms with van der Waals surface area (Å²) in [5.41, 5.74) is 5.02. The Hall–Kier alpha value is -1.14. The van der Waals surface area contributed by atoms with Gasteiger partial charge in [0, 0.05) is 11.9 Å². The molecule has 98 valence electrons. The molecule has 0 bridgehead atoms. The number of likely N-dealkylation sites (N-methyl/N-ethyl adjacent to an activating group) is 1. The van der Waals surface area contributed by atoms with Crippen molar-refractivity contribution in [2.45, 2.75) is 30.3 Å². The van der Waals surface area contributed by atoms with Crippen molar-refractivity contribution in [1.29, 1.82) is 0 Å². The second-order valence-electron chi connectivity index (χ2n) is 4.48. The summed E-state index contributed by atoms with van der Waals surface area (Å²) in [4.78, 5) is 19.9. The molecule has 1 saturated carbocycles. The van der Waals surface area contributed by atoms with E-state index in [0.717, 1.165) is 24.4 Å². The number of nitrogens with one attached hydrogen (secondary N) is 1. The number of hydrogen-bond acceptors (Lipinski definition) is 5. The van der Waals surface area contributed by atoms with E-state index in [0.29, 0.717) is 11.7 Å². The number of nitrogens with two attached hydrogens (primary N) is 1. The number of amides is 1. The lowest BCUT2D eigenvalue weighted by Crippen LogP contribution is -2.59. The Morgan fingerprint density at radius 2 is 2.44 bits per heavy atom. The van der Waals surface area contributed by atoms with E-state index >= 15 is 0 Å². The lowest BCUT2D eigenvalue weighted by atomic mass is 9.94. The highest BCUT2D eigenvalue weighted by molar-refractivity contribution is 7.99. The maximum absolute atomic E-state index is 11.8. The molecule has 1 heterocycles. The van der Waals surface area contributed by atoms with Gasteiger partial charge in [-0.15, -0.1) is 11.8 Å². The molecular weight excluding hydrogens is 248 g/mol. The van der Waals surface area contributed by atoms with Crippen LogP contribution in [0.3, 0.4) is 0 Å². The molecule has 0 aliphatic heterocycles. The molecule has 1 aromatic heterocycles. The molecule has 2 rings (SSSR count). The molecule has 18 heavy (non-hydrogen) atoms. The van der Waals surface area contributed by atoms with Gasteiger partial charge in [-0.2, -0.15) is 0 Å². The van der Waals surface area contributed by atoms with Gasteiger partial charge in [0.15, 0.2) is 0 Å². The third-order valence-electron chi connectivity index (χ3n) is 3.21. The fourth-order valence-corrected chi connectivity index (χ4v) is 3.25. The van der Waals surface area contributed by atoms with Gasteiger partial charge in [0.2, 0.25) is 5.91 Å². The molecule has 1 unspecified atom stereocenters. The topological polar surface area (TPSA) is 80.9 Å². The van der Waals surface area contributed by atoms with Crippen LogP contribution in [0.1, 0.15) is 19.8 Å². The predicted octanol–water partition coefficient (Wildman–Crippen LogP) is 0.812. The quantitative estimate of drug-likeness (QED) is 0.564. The zero-order chi connectivity index (χ0) is 13.0. The number of rotatable bonds is 7. The Labute approximate surface area is 111 Å². The van der Waals surface area contributed by atoms with Crippen LogP contribution in [-0.4, -0.2) is 33.7 Å². The fraction of sp³-hybridized carbons (Fsp3) is 0.583. The molecule has 1 aliphatic carbocycles. The van der Waals surface area contributed by atoms with Crippen molar-refractivity contribution in [2.24, 2.45) is 11.7 Å². The summed E-state index contributed by atoms with van der Waals surface area (Å²) >= 11 is 1.55. The first-order chi connectivity index (χ1) is 8.69. The third kappa shape index (κ3) is 2.81. The third-order valence-corrected chi connectivity index (χ3v) is 4.35. The van der Waals surface area contributed by atoms with Gasteiger partial charge in [0.25, 0.3) is 0 Å². The number of carbonyl (C=O) groups excluding carboxylic acids is 1. The molecule has 0 aromatic carbocycles. The number of thioether (sulfide) groups is 1. The van der Waals surface area contributed by atoms with Crippen LogP contribution in [0.5, 0.6) is 0 Å². The Morgan fingerprint density at radius 3 is 2.94 bits per heavy atom. The van der Waals surface area contributed by atoms with E-state index in [1.807, 2.05) is 13.0 Å². The normalized spacial score (nSPS) is 18.3. The van der Waals surface area contributed by atoms with Crippen LogP contribution < -0.4 is 11.1 Å². The Balaban J connectivity index is 2.07. The van der Waals surface area contributed by atoms with Gasteiger partial charge < -0.3 is 11.1 Å². The predicted molar refractivity (Wildman–Crippen MR) is 71.1 cm³/mol. The van der Waals surface area contributed by atoms with Crippen LogP contribution in [0.2, 0.25) is 0 Å². The lowest BCUT2D eigenvalue weighted by Gasteiger charge is -2.31. The summed E-state index contributed by atoms with van der Waals surface area (Å²) in [6.45, 7) is 2.74. The van der Waals surface area contributed by atoms with E-state index < -0.39 is 5.54 Å². The largest absolute Gasteiger partial charge is 0.368 e. The zero-order valence-electron chi connectivity index (χ0n) is 10.4. The second kappa shape index (κ2) is 5.67. The highest BCUT2D eigenvalue weighted by atomic mass is 32.2. The molecule has 0 radical (unpaired) electrons. The molecule has 1 fully saturated rings. The zero-order valence-corrected chi connectivity index (χ0v) is 11.2. The van der Waals surface area contributed by atoms with Crippen LogP contribution in [0.25, 0.3) is 0 Å². The SMILES string of the molecule is CCNC(CSc1ccncn1)(C(N)=O)C1CC1. The smallest absolute Gasteiger partial charge is 0.238 e. The van der Waals surface area contributed by atoms with Crippen molar-refractivity contribution in [3.05, 3.63) is 18.6 Å². The average Bonchev–Trinajstić information content (AvgIpc) is 3.20. The number of hydrogen-bond donors (Lipinski definition) is 2. The van der Waals surface area contributed by atoms with E-state index in [1.165, 1.54) is 6.33 Å². The number of nitrogens with zero attached hydrogens (tertiary/aromatic N) is 2. The molecule has 3 N–H and O–H groups in total. The number of aromatic nitrogens is 2. The standard InChI is InChI=1S/C12H18N4OS/c1-2-16-12(11(13)17,9-3-4-9)7-18-10-5-6-14-8-15-10/h5-6,8-9,16H,2-4,7H2,1H3,(H2,13,17). The van der Waals surface area contributed by atoms with Crippen molar-refractivity contribution in [3.8, 4) is 0 Å². The molecule has 1 atom stereocenters.